The van der Waals surface area contributed by atoms with E-state index >= 15 is 0 Å². The van der Waals surface area contributed by atoms with Gasteiger partial charge in [-0.2, -0.15) is 0 Å². The quantitative estimate of drug-likeness (QED) is 0.832. The minimum atomic E-state index is 0.844. The Morgan fingerprint density at radius 3 is 2.63 bits per heavy atom. The first-order valence-corrected chi connectivity index (χ1v) is 6.78. The number of nitrogens with zero attached hydrogens (tertiary/aromatic N) is 1. The molecule has 0 atom stereocenters. The van der Waals surface area contributed by atoms with Crippen molar-refractivity contribution in [2.24, 2.45) is 0 Å². The Balaban J connectivity index is 1.85. The van der Waals surface area contributed by atoms with Crippen molar-refractivity contribution in [3.8, 4) is 11.1 Å². The molecule has 0 N–H and O–H groups in total. The van der Waals surface area contributed by atoms with Crippen LogP contribution in [0.2, 0.25) is 0 Å². The SMILES string of the molecule is [c]1ccc(-c2ccccc2)c(CN2CCOCC2)c1. The standard InChI is InChI=1S/C17H18NO/c1-2-6-15(7-3-1)17-9-5-4-8-16(17)14-18-10-12-19-13-11-18/h1-3,5-9H,10-14H2. The van der Waals surface area contributed by atoms with Crippen molar-refractivity contribution < 1.29 is 4.74 Å². The predicted molar refractivity (Wildman–Crippen MR) is 76.8 cm³/mol. The highest BCUT2D eigenvalue weighted by atomic mass is 16.5. The molecule has 1 radical (unpaired) electrons. The van der Waals surface area contributed by atoms with E-state index in [0.29, 0.717) is 0 Å². The fourth-order valence-corrected chi connectivity index (χ4v) is 2.50. The molecule has 1 aliphatic rings. The fourth-order valence-electron chi connectivity index (χ4n) is 2.50. The molecular formula is C17H18NO. The van der Waals surface area contributed by atoms with Crippen molar-refractivity contribution in [2.45, 2.75) is 6.54 Å². The number of benzene rings is 2. The Kier molecular flexibility index (Phi) is 3.92. The van der Waals surface area contributed by atoms with Crippen molar-refractivity contribution in [1.82, 2.24) is 4.90 Å². The van der Waals surface area contributed by atoms with Crippen LogP contribution in [0, 0.1) is 6.07 Å². The molecule has 97 valence electrons. The Labute approximate surface area is 114 Å². The normalized spacial score (nSPS) is 16.4. The van der Waals surface area contributed by atoms with Crippen LogP contribution < -0.4 is 0 Å². The van der Waals surface area contributed by atoms with E-state index in [-0.39, 0.29) is 0 Å². The van der Waals surface area contributed by atoms with Crippen LogP contribution in [0.1, 0.15) is 5.56 Å². The van der Waals surface area contributed by atoms with E-state index in [1.54, 1.807) is 0 Å². The average Bonchev–Trinajstić information content (AvgIpc) is 2.50. The van der Waals surface area contributed by atoms with Gasteiger partial charge in [0.05, 0.1) is 13.2 Å². The molecule has 0 bridgehead atoms. The van der Waals surface area contributed by atoms with Gasteiger partial charge in [-0.05, 0) is 28.8 Å². The maximum atomic E-state index is 5.40. The zero-order chi connectivity index (χ0) is 12.9. The largest absolute Gasteiger partial charge is 0.379 e. The summed E-state index contributed by atoms with van der Waals surface area (Å²) in [6.45, 7) is 4.70. The zero-order valence-corrected chi connectivity index (χ0v) is 11.0. The van der Waals surface area contributed by atoms with Gasteiger partial charge in [-0.3, -0.25) is 4.90 Å². The molecule has 3 rings (SSSR count). The summed E-state index contributed by atoms with van der Waals surface area (Å²) in [5.74, 6) is 0. The highest BCUT2D eigenvalue weighted by molar-refractivity contribution is 5.67. The second-order valence-corrected chi connectivity index (χ2v) is 4.84. The van der Waals surface area contributed by atoms with Crippen LogP contribution in [-0.4, -0.2) is 31.2 Å². The molecule has 2 aromatic rings. The summed E-state index contributed by atoms with van der Waals surface area (Å²) in [5, 5.41) is 0. The minimum absolute atomic E-state index is 0.844. The molecular weight excluding hydrogens is 234 g/mol. The van der Waals surface area contributed by atoms with E-state index in [1.807, 2.05) is 6.07 Å². The summed E-state index contributed by atoms with van der Waals surface area (Å²) in [4.78, 5) is 2.44. The van der Waals surface area contributed by atoms with E-state index in [2.05, 4.69) is 53.4 Å². The minimum Gasteiger partial charge on any atom is -0.379 e. The van der Waals surface area contributed by atoms with E-state index in [9.17, 15) is 0 Å². The van der Waals surface area contributed by atoms with Crippen molar-refractivity contribution in [1.29, 1.82) is 0 Å². The van der Waals surface area contributed by atoms with Gasteiger partial charge in [0, 0.05) is 19.6 Å². The molecule has 0 aromatic heterocycles. The maximum Gasteiger partial charge on any atom is 0.0594 e. The lowest BCUT2D eigenvalue weighted by Crippen LogP contribution is -2.35. The number of morpholine rings is 1. The third-order valence-electron chi connectivity index (χ3n) is 3.53. The Morgan fingerprint density at radius 2 is 1.84 bits per heavy atom. The highest BCUT2D eigenvalue weighted by Crippen LogP contribution is 2.24. The third kappa shape index (κ3) is 3.03. The molecule has 0 saturated carbocycles. The molecule has 2 heteroatoms. The van der Waals surface area contributed by atoms with Crippen LogP contribution in [-0.2, 0) is 11.3 Å². The molecule has 1 fully saturated rings. The van der Waals surface area contributed by atoms with Gasteiger partial charge < -0.3 is 4.74 Å². The number of rotatable bonds is 3. The second kappa shape index (κ2) is 6.00. The number of hydrogen-bond acceptors (Lipinski definition) is 2. The second-order valence-electron chi connectivity index (χ2n) is 4.84. The lowest BCUT2D eigenvalue weighted by molar-refractivity contribution is 0.0342. The van der Waals surface area contributed by atoms with Crippen LogP contribution in [0.25, 0.3) is 11.1 Å². The summed E-state index contributed by atoms with van der Waals surface area (Å²) in [6, 6.07) is 20.0. The molecule has 0 amide bonds. The Hall–Kier alpha value is -1.64. The van der Waals surface area contributed by atoms with Gasteiger partial charge in [0.2, 0.25) is 0 Å². The van der Waals surface area contributed by atoms with Crippen molar-refractivity contribution in [3.63, 3.8) is 0 Å². The molecule has 1 heterocycles. The van der Waals surface area contributed by atoms with Crippen molar-refractivity contribution >= 4 is 0 Å². The van der Waals surface area contributed by atoms with Gasteiger partial charge >= 0.3 is 0 Å². The van der Waals surface area contributed by atoms with Crippen molar-refractivity contribution in [3.05, 3.63) is 60.2 Å². The number of ether oxygens (including phenoxy) is 1. The van der Waals surface area contributed by atoms with E-state index < -0.39 is 0 Å². The summed E-state index contributed by atoms with van der Waals surface area (Å²) in [6.07, 6.45) is 0. The van der Waals surface area contributed by atoms with Crippen molar-refractivity contribution in [2.75, 3.05) is 26.3 Å². The van der Waals surface area contributed by atoms with Gasteiger partial charge in [0.25, 0.3) is 0 Å². The zero-order valence-electron chi connectivity index (χ0n) is 11.0. The Bertz CT molecular complexity index is 518. The summed E-state index contributed by atoms with van der Waals surface area (Å²) >= 11 is 0. The first kappa shape index (κ1) is 12.4. The molecule has 1 saturated heterocycles. The summed E-state index contributed by atoms with van der Waals surface area (Å²) in [5.41, 5.74) is 3.93. The monoisotopic (exact) mass is 252 g/mol. The van der Waals surface area contributed by atoms with Crippen LogP contribution in [0.4, 0.5) is 0 Å². The molecule has 2 aromatic carbocycles. The van der Waals surface area contributed by atoms with E-state index in [4.69, 9.17) is 4.74 Å². The van der Waals surface area contributed by atoms with Gasteiger partial charge in [-0.15, -0.1) is 0 Å². The molecule has 2 nitrogen and oxygen atoms in total. The third-order valence-corrected chi connectivity index (χ3v) is 3.53. The lowest BCUT2D eigenvalue weighted by atomic mass is 9.99. The van der Waals surface area contributed by atoms with Gasteiger partial charge in [0.1, 0.15) is 0 Å². The summed E-state index contributed by atoms with van der Waals surface area (Å²) in [7, 11) is 0. The molecule has 19 heavy (non-hydrogen) atoms. The van der Waals surface area contributed by atoms with Gasteiger partial charge in [-0.1, -0.05) is 42.5 Å². The summed E-state index contributed by atoms with van der Waals surface area (Å²) < 4.78 is 5.40. The molecule has 1 aliphatic heterocycles. The average molecular weight is 252 g/mol. The van der Waals surface area contributed by atoms with Gasteiger partial charge in [0.15, 0.2) is 0 Å². The molecule has 0 spiro atoms. The Morgan fingerprint density at radius 1 is 1.05 bits per heavy atom. The van der Waals surface area contributed by atoms with E-state index in [1.165, 1.54) is 16.7 Å². The lowest BCUT2D eigenvalue weighted by Gasteiger charge is -2.27. The molecule has 0 unspecified atom stereocenters. The highest BCUT2D eigenvalue weighted by Gasteiger charge is 2.13. The fraction of sp³-hybridized carbons (Fsp3) is 0.294. The first-order chi connectivity index (χ1) is 9.43. The molecule has 0 aliphatic carbocycles. The van der Waals surface area contributed by atoms with E-state index in [0.717, 1.165) is 32.8 Å². The maximum absolute atomic E-state index is 5.40. The first-order valence-electron chi connectivity index (χ1n) is 6.78. The van der Waals surface area contributed by atoms with Crippen LogP contribution in [0.15, 0.2) is 48.5 Å². The smallest absolute Gasteiger partial charge is 0.0594 e. The van der Waals surface area contributed by atoms with Crippen LogP contribution >= 0.6 is 0 Å². The number of hydrogen-bond donors (Lipinski definition) is 0. The van der Waals surface area contributed by atoms with Crippen LogP contribution in [0.3, 0.4) is 0 Å². The predicted octanol–water partition coefficient (Wildman–Crippen LogP) is 2.99. The van der Waals surface area contributed by atoms with Gasteiger partial charge in [-0.25, -0.2) is 0 Å². The van der Waals surface area contributed by atoms with Crippen LogP contribution in [0.5, 0.6) is 0 Å². The topological polar surface area (TPSA) is 12.5 Å².